The number of allylic oxidation sites excluding steroid dienone is 2. The maximum atomic E-state index is 10.7. The zero-order valence-electron chi connectivity index (χ0n) is 5.27. The van der Waals surface area contributed by atoms with Gasteiger partial charge in [0.25, 0.3) is 5.91 Å². The van der Waals surface area contributed by atoms with Crippen molar-refractivity contribution in [3.8, 4) is 0 Å². The summed E-state index contributed by atoms with van der Waals surface area (Å²) in [5.41, 5.74) is 1.43. The zero-order chi connectivity index (χ0) is 6.85. The molecular weight excluding hydrogens is 114 g/mol. The monoisotopic (exact) mass is 122 g/mol. The number of hydrogen-bond donors (Lipinski definition) is 1. The second kappa shape index (κ2) is 2.05. The van der Waals surface area contributed by atoms with Gasteiger partial charge in [-0.3, -0.25) is 4.79 Å². The van der Waals surface area contributed by atoms with Gasteiger partial charge in [-0.15, -0.1) is 0 Å². The molecule has 0 spiro atoms. The van der Waals surface area contributed by atoms with E-state index < -0.39 is 0 Å². The smallest absolute Gasteiger partial charge is 0.251 e. The number of carbonyl (C=O) groups excluding carboxylic acids is 1. The summed E-state index contributed by atoms with van der Waals surface area (Å²) in [6.07, 6.45) is 3.52. The Kier molecular flexibility index (Phi) is 1.39. The molecule has 2 nitrogen and oxygen atoms in total. The van der Waals surface area contributed by atoms with Crippen LogP contribution in [-0.2, 0) is 4.79 Å². The summed E-state index contributed by atoms with van der Waals surface area (Å²) in [7, 11) is 0. The lowest BCUT2D eigenvalue weighted by Crippen LogP contribution is -2.19. The molecule has 1 aliphatic carbocycles. The van der Waals surface area contributed by atoms with Crippen LogP contribution in [0.25, 0.3) is 0 Å². The predicted octanol–water partition coefficient (Wildman–Crippen LogP) is 0.780. The van der Waals surface area contributed by atoms with Gasteiger partial charge in [-0.05, 0) is 6.92 Å². The van der Waals surface area contributed by atoms with Gasteiger partial charge < -0.3 is 5.32 Å². The van der Waals surface area contributed by atoms with Gasteiger partial charge in [-0.1, -0.05) is 12.7 Å². The molecule has 0 saturated carbocycles. The Bertz CT molecular complexity index is 191. The summed E-state index contributed by atoms with van der Waals surface area (Å²) in [4.78, 5) is 10.7. The molecule has 0 unspecified atom stereocenters. The second-order valence-corrected chi connectivity index (χ2v) is 2.02. The van der Waals surface area contributed by atoms with E-state index in [1.165, 1.54) is 0 Å². The first-order valence-electron chi connectivity index (χ1n) is 2.72. The van der Waals surface area contributed by atoms with Crippen LogP contribution in [0.1, 0.15) is 6.92 Å². The second-order valence-electron chi connectivity index (χ2n) is 2.02. The highest BCUT2D eigenvalue weighted by atomic mass is 16.1. The third kappa shape index (κ3) is 1.72. The van der Waals surface area contributed by atoms with Gasteiger partial charge in [-0.2, -0.15) is 0 Å². The van der Waals surface area contributed by atoms with E-state index in [9.17, 15) is 4.79 Å². The van der Waals surface area contributed by atoms with Crippen molar-refractivity contribution in [3.05, 3.63) is 30.3 Å². The molecule has 0 fully saturated rings. The first-order chi connectivity index (χ1) is 4.20. The highest BCUT2D eigenvalue weighted by molar-refractivity contribution is 6.01. The first kappa shape index (κ1) is 6.08. The Hall–Kier alpha value is -1.05. The lowest BCUT2D eigenvalue weighted by molar-refractivity contribution is -0.116. The lowest BCUT2D eigenvalue weighted by Gasteiger charge is -1.97. The van der Waals surface area contributed by atoms with Gasteiger partial charge in [0, 0.05) is 17.7 Å². The van der Waals surface area contributed by atoms with Crippen molar-refractivity contribution < 1.29 is 4.79 Å². The topological polar surface area (TPSA) is 29.1 Å². The molecule has 0 aliphatic heterocycles. The van der Waals surface area contributed by atoms with Gasteiger partial charge in [-0.25, -0.2) is 0 Å². The Labute approximate surface area is 54.3 Å². The predicted molar refractivity (Wildman–Crippen MR) is 35.3 cm³/mol. The lowest BCUT2D eigenvalue weighted by atomic mass is 10.4. The molecule has 2 heteroatoms. The summed E-state index contributed by atoms with van der Waals surface area (Å²) in [6.45, 7) is 5.28. The minimum Gasteiger partial charge on any atom is -0.327 e. The average molecular weight is 122 g/mol. The molecule has 0 heterocycles. The van der Waals surface area contributed by atoms with Crippen LogP contribution in [0.4, 0.5) is 0 Å². The molecule has 1 rings (SSSR count). The number of hydrogen-bond acceptors (Lipinski definition) is 1. The van der Waals surface area contributed by atoms with Crippen molar-refractivity contribution in [1.82, 2.24) is 5.32 Å². The molecule has 0 atom stereocenters. The van der Waals surface area contributed by atoms with Gasteiger partial charge in [0.2, 0.25) is 0 Å². The van der Waals surface area contributed by atoms with Crippen molar-refractivity contribution in [2.24, 2.45) is 0 Å². The van der Waals surface area contributed by atoms with E-state index >= 15 is 0 Å². The molecule has 0 aromatic rings. The van der Waals surface area contributed by atoms with Gasteiger partial charge in [0.05, 0.1) is 0 Å². The molecule has 9 heavy (non-hydrogen) atoms. The van der Waals surface area contributed by atoms with Crippen LogP contribution < -0.4 is 5.32 Å². The van der Waals surface area contributed by atoms with E-state index in [2.05, 4.69) is 11.9 Å². The summed E-state index contributed by atoms with van der Waals surface area (Å²) >= 11 is 0. The summed E-state index contributed by atoms with van der Waals surface area (Å²) in [5, 5.41) is 2.57. The van der Waals surface area contributed by atoms with Crippen molar-refractivity contribution in [3.63, 3.8) is 0 Å². The summed E-state index contributed by atoms with van der Waals surface area (Å²) in [6, 6.07) is 0. The quantitative estimate of drug-likeness (QED) is 0.576. The van der Waals surface area contributed by atoms with Crippen molar-refractivity contribution in [2.75, 3.05) is 0 Å². The van der Waals surface area contributed by atoms with E-state index in [4.69, 9.17) is 0 Å². The Morgan fingerprint density at radius 3 is 2.67 bits per heavy atom. The molecule has 1 radical (unpaired) electrons. The SMILES string of the molecule is C=C(C)NC(=O)C1=C[CH]1. The molecule has 0 aromatic heterocycles. The van der Waals surface area contributed by atoms with Crippen molar-refractivity contribution in [2.45, 2.75) is 6.92 Å². The molecule has 47 valence electrons. The van der Waals surface area contributed by atoms with E-state index in [1.807, 2.05) is 0 Å². The van der Waals surface area contributed by atoms with E-state index in [1.54, 1.807) is 19.4 Å². The molecular formula is C7H8NO. The van der Waals surface area contributed by atoms with E-state index in [0.29, 0.717) is 5.70 Å². The Morgan fingerprint density at radius 2 is 2.33 bits per heavy atom. The van der Waals surface area contributed by atoms with Crippen LogP contribution in [0.15, 0.2) is 23.9 Å². The number of rotatable bonds is 2. The van der Waals surface area contributed by atoms with Crippen molar-refractivity contribution >= 4 is 5.91 Å². The van der Waals surface area contributed by atoms with Gasteiger partial charge in [0.1, 0.15) is 0 Å². The van der Waals surface area contributed by atoms with Crippen LogP contribution in [-0.4, -0.2) is 5.91 Å². The fourth-order valence-electron chi connectivity index (χ4n) is 0.459. The minimum atomic E-state index is -0.0532. The van der Waals surface area contributed by atoms with Crippen LogP contribution in [0, 0.1) is 6.42 Å². The molecule has 1 amide bonds. The van der Waals surface area contributed by atoms with Crippen LogP contribution in [0.3, 0.4) is 0 Å². The first-order valence-corrected chi connectivity index (χ1v) is 2.72. The average Bonchev–Trinajstić information content (AvgIpc) is 2.40. The highest BCUT2D eigenvalue weighted by Gasteiger charge is 2.16. The number of amides is 1. The summed E-state index contributed by atoms with van der Waals surface area (Å²) < 4.78 is 0. The minimum absolute atomic E-state index is 0.0532. The van der Waals surface area contributed by atoms with Gasteiger partial charge in [0.15, 0.2) is 0 Å². The molecule has 0 bridgehead atoms. The largest absolute Gasteiger partial charge is 0.327 e. The number of carbonyl (C=O) groups is 1. The van der Waals surface area contributed by atoms with Crippen LogP contribution in [0.2, 0.25) is 0 Å². The third-order valence-corrected chi connectivity index (χ3v) is 0.922. The standard InChI is InChI=1S/C7H8NO/c1-5(2)8-7(9)6-3-4-6/h3-4H,1H2,2H3,(H,8,9). The maximum absolute atomic E-state index is 10.7. The molecule has 1 N–H and O–H groups in total. The number of nitrogens with one attached hydrogen (secondary N) is 1. The zero-order valence-corrected chi connectivity index (χ0v) is 5.27. The Morgan fingerprint density at radius 1 is 1.78 bits per heavy atom. The Balaban J connectivity index is 2.35. The molecule has 0 saturated heterocycles. The fraction of sp³-hybridized carbons (Fsp3) is 0.143. The van der Waals surface area contributed by atoms with Gasteiger partial charge >= 0.3 is 0 Å². The van der Waals surface area contributed by atoms with Crippen LogP contribution >= 0.6 is 0 Å². The summed E-state index contributed by atoms with van der Waals surface area (Å²) in [5.74, 6) is -0.0532. The van der Waals surface area contributed by atoms with E-state index in [0.717, 1.165) is 5.57 Å². The maximum Gasteiger partial charge on any atom is 0.251 e. The van der Waals surface area contributed by atoms with Crippen molar-refractivity contribution in [1.29, 1.82) is 0 Å². The molecule has 1 aliphatic rings. The van der Waals surface area contributed by atoms with Crippen LogP contribution in [0.5, 0.6) is 0 Å². The van der Waals surface area contributed by atoms with E-state index in [-0.39, 0.29) is 5.91 Å². The normalized spacial score (nSPS) is 14.1. The third-order valence-electron chi connectivity index (χ3n) is 0.922. The highest BCUT2D eigenvalue weighted by Crippen LogP contribution is 2.15. The molecule has 0 aromatic carbocycles. The fourth-order valence-corrected chi connectivity index (χ4v) is 0.459.